The van der Waals surface area contributed by atoms with E-state index in [2.05, 4.69) is 0 Å². The fourth-order valence-corrected chi connectivity index (χ4v) is 1.82. The van der Waals surface area contributed by atoms with E-state index in [1.54, 1.807) is 0 Å². The summed E-state index contributed by atoms with van der Waals surface area (Å²) in [5.74, 6) is 0.576. The molecule has 0 heterocycles. The van der Waals surface area contributed by atoms with E-state index in [-0.39, 0.29) is 12.0 Å². The molecule has 1 aliphatic carbocycles. The van der Waals surface area contributed by atoms with Gasteiger partial charge in [-0.2, -0.15) is 0 Å². The summed E-state index contributed by atoms with van der Waals surface area (Å²) in [6, 6.07) is 0.161. The second-order valence-corrected chi connectivity index (χ2v) is 3.42. The first-order valence-electron chi connectivity index (χ1n) is 4.54. The SMILES string of the molecule is CCCC(=O)[C@@H]1CCC[C@@H]1N. The molecule has 0 aliphatic heterocycles. The molecule has 2 heteroatoms. The van der Waals surface area contributed by atoms with Crippen molar-refractivity contribution in [2.45, 2.75) is 45.1 Å². The highest BCUT2D eigenvalue weighted by Gasteiger charge is 2.28. The predicted molar refractivity (Wildman–Crippen MR) is 45.2 cm³/mol. The molecular weight excluding hydrogens is 138 g/mol. The maximum atomic E-state index is 11.4. The third-order valence-electron chi connectivity index (χ3n) is 2.48. The van der Waals surface area contributed by atoms with Crippen LogP contribution in [0.1, 0.15) is 39.0 Å². The Morgan fingerprint density at radius 1 is 1.55 bits per heavy atom. The molecule has 0 unspecified atom stereocenters. The van der Waals surface area contributed by atoms with Crippen LogP contribution in [0.15, 0.2) is 0 Å². The fourth-order valence-electron chi connectivity index (χ4n) is 1.82. The second kappa shape index (κ2) is 3.86. The Labute approximate surface area is 68.2 Å². The first-order chi connectivity index (χ1) is 5.25. The van der Waals surface area contributed by atoms with Crippen LogP contribution in [0.5, 0.6) is 0 Å². The van der Waals surface area contributed by atoms with Gasteiger partial charge in [-0.3, -0.25) is 4.79 Å². The van der Waals surface area contributed by atoms with Crippen molar-refractivity contribution < 1.29 is 4.79 Å². The van der Waals surface area contributed by atoms with Gasteiger partial charge in [0.15, 0.2) is 0 Å². The smallest absolute Gasteiger partial charge is 0.137 e. The second-order valence-electron chi connectivity index (χ2n) is 3.42. The maximum Gasteiger partial charge on any atom is 0.137 e. The molecule has 0 amide bonds. The van der Waals surface area contributed by atoms with Crippen LogP contribution in [-0.2, 0) is 4.79 Å². The van der Waals surface area contributed by atoms with Gasteiger partial charge in [-0.1, -0.05) is 13.3 Å². The third kappa shape index (κ3) is 2.03. The summed E-state index contributed by atoms with van der Waals surface area (Å²) in [6.45, 7) is 2.04. The van der Waals surface area contributed by atoms with Gasteiger partial charge < -0.3 is 5.73 Å². The van der Waals surface area contributed by atoms with Crippen LogP contribution >= 0.6 is 0 Å². The van der Waals surface area contributed by atoms with Crippen molar-refractivity contribution in [3.05, 3.63) is 0 Å². The molecule has 0 bridgehead atoms. The zero-order valence-electron chi connectivity index (χ0n) is 7.18. The van der Waals surface area contributed by atoms with Gasteiger partial charge in [0.2, 0.25) is 0 Å². The van der Waals surface area contributed by atoms with Gasteiger partial charge in [0.25, 0.3) is 0 Å². The van der Waals surface area contributed by atoms with E-state index in [4.69, 9.17) is 5.73 Å². The first kappa shape index (κ1) is 8.72. The summed E-state index contributed by atoms with van der Waals surface area (Å²) in [5, 5.41) is 0. The van der Waals surface area contributed by atoms with Gasteiger partial charge in [0, 0.05) is 18.4 Å². The molecule has 0 radical (unpaired) electrons. The molecule has 1 rings (SSSR count). The van der Waals surface area contributed by atoms with Crippen LogP contribution < -0.4 is 5.73 Å². The van der Waals surface area contributed by atoms with Crippen LogP contribution in [-0.4, -0.2) is 11.8 Å². The Bertz CT molecular complexity index is 144. The highest BCUT2D eigenvalue weighted by molar-refractivity contribution is 5.81. The Hall–Kier alpha value is -0.370. The van der Waals surface area contributed by atoms with Crippen molar-refractivity contribution in [3.8, 4) is 0 Å². The summed E-state index contributed by atoms with van der Waals surface area (Å²) in [4.78, 5) is 11.4. The number of carbonyl (C=O) groups excluding carboxylic acids is 1. The lowest BCUT2D eigenvalue weighted by Crippen LogP contribution is -2.30. The standard InChI is InChI=1S/C9H17NO/c1-2-4-9(11)7-5-3-6-8(7)10/h7-8H,2-6,10H2,1H3/t7-,8+/m1/s1. The van der Waals surface area contributed by atoms with E-state index in [0.717, 1.165) is 32.1 Å². The van der Waals surface area contributed by atoms with Crippen molar-refractivity contribution in [2.75, 3.05) is 0 Å². The highest BCUT2D eigenvalue weighted by Crippen LogP contribution is 2.25. The van der Waals surface area contributed by atoms with Gasteiger partial charge in [-0.25, -0.2) is 0 Å². The number of Topliss-reactive ketones (excluding diaryl/α,β-unsaturated/α-hetero) is 1. The van der Waals surface area contributed by atoms with E-state index < -0.39 is 0 Å². The zero-order valence-corrected chi connectivity index (χ0v) is 7.18. The number of hydrogen-bond acceptors (Lipinski definition) is 2. The largest absolute Gasteiger partial charge is 0.327 e. The molecule has 2 N–H and O–H groups in total. The van der Waals surface area contributed by atoms with Crippen molar-refractivity contribution in [1.82, 2.24) is 0 Å². The number of hydrogen-bond donors (Lipinski definition) is 1. The van der Waals surface area contributed by atoms with Gasteiger partial charge in [-0.15, -0.1) is 0 Å². The topological polar surface area (TPSA) is 43.1 Å². The molecule has 64 valence electrons. The fraction of sp³-hybridized carbons (Fsp3) is 0.889. The van der Waals surface area contributed by atoms with E-state index in [0.29, 0.717) is 5.78 Å². The molecule has 11 heavy (non-hydrogen) atoms. The molecule has 0 spiro atoms. The first-order valence-corrected chi connectivity index (χ1v) is 4.54. The molecular formula is C9H17NO. The molecule has 0 aromatic carbocycles. The van der Waals surface area contributed by atoms with Crippen molar-refractivity contribution in [3.63, 3.8) is 0 Å². The third-order valence-corrected chi connectivity index (χ3v) is 2.48. The van der Waals surface area contributed by atoms with Crippen molar-refractivity contribution in [2.24, 2.45) is 11.7 Å². The Morgan fingerprint density at radius 3 is 2.73 bits per heavy atom. The molecule has 1 aliphatic rings. The summed E-state index contributed by atoms with van der Waals surface area (Å²) in [5.41, 5.74) is 5.79. The van der Waals surface area contributed by atoms with E-state index in [9.17, 15) is 4.79 Å². The average Bonchev–Trinajstić information content (AvgIpc) is 2.36. The molecule has 0 saturated heterocycles. The van der Waals surface area contributed by atoms with Crippen LogP contribution in [0.2, 0.25) is 0 Å². The molecule has 2 atom stereocenters. The highest BCUT2D eigenvalue weighted by atomic mass is 16.1. The van der Waals surface area contributed by atoms with Gasteiger partial charge in [0.05, 0.1) is 0 Å². The Balaban J connectivity index is 2.39. The number of ketones is 1. The number of rotatable bonds is 3. The van der Waals surface area contributed by atoms with E-state index in [1.807, 2.05) is 6.92 Å². The van der Waals surface area contributed by atoms with Crippen molar-refractivity contribution >= 4 is 5.78 Å². The minimum atomic E-state index is 0.161. The number of carbonyl (C=O) groups is 1. The van der Waals surface area contributed by atoms with Gasteiger partial charge in [-0.05, 0) is 19.3 Å². The predicted octanol–water partition coefficient (Wildman–Crippen LogP) is 1.48. The minimum Gasteiger partial charge on any atom is -0.327 e. The van der Waals surface area contributed by atoms with Crippen LogP contribution in [0.3, 0.4) is 0 Å². The van der Waals surface area contributed by atoms with Crippen LogP contribution in [0, 0.1) is 5.92 Å². The van der Waals surface area contributed by atoms with E-state index >= 15 is 0 Å². The normalized spacial score (nSPS) is 30.7. The summed E-state index contributed by atoms with van der Waals surface area (Å²) >= 11 is 0. The van der Waals surface area contributed by atoms with Crippen molar-refractivity contribution in [1.29, 1.82) is 0 Å². The zero-order chi connectivity index (χ0) is 8.27. The summed E-state index contributed by atoms with van der Waals surface area (Å²) < 4.78 is 0. The summed E-state index contributed by atoms with van der Waals surface area (Å²) in [6.07, 6.45) is 4.89. The Morgan fingerprint density at radius 2 is 2.27 bits per heavy atom. The lowest BCUT2D eigenvalue weighted by atomic mass is 9.96. The number of nitrogens with two attached hydrogens (primary N) is 1. The molecule has 0 aromatic rings. The minimum absolute atomic E-state index is 0.161. The Kier molecular flexibility index (Phi) is 3.06. The molecule has 2 nitrogen and oxygen atoms in total. The lowest BCUT2D eigenvalue weighted by molar-refractivity contribution is -0.123. The van der Waals surface area contributed by atoms with Crippen LogP contribution in [0.25, 0.3) is 0 Å². The molecule has 1 fully saturated rings. The van der Waals surface area contributed by atoms with E-state index in [1.165, 1.54) is 0 Å². The maximum absolute atomic E-state index is 11.4. The quantitative estimate of drug-likeness (QED) is 0.671. The van der Waals surface area contributed by atoms with Gasteiger partial charge in [0.1, 0.15) is 5.78 Å². The summed E-state index contributed by atoms with van der Waals surface area (Å²) in [7, 11) is 0. The van der Waals surface area contributed by atoms with Gasteiger partial charge >= 0.3 is 0 Å². The molecule has 1 saturated carbocycles. The molecule has 0 aromatic heterocycles. The average molecular weight is 155 g/mol. The monoisotopic (exact) mass is 155 g/mol. The van der Waals surface area contributed by atoms with Crippen LogP contribution in [0.4, 0.5) is 0 Å². The lowest BCUT2D eigenvalue weighted by Gasteiger charge is -2.12.